The number of fused-ring (bicyclic) bond motifs is 3. The SMILES string of the molecule is O=c1c(O)c(-c2cc(O)c(O)c(O)c2)oc2cc(O)cc(O)c12.O=c1c(O)c(-c2ccc(O)c(O)c2)oc2c(O)c(O)cc(O)c12.O=c1c(O)c(-c2ccc(O)c(O)c2)oc2cc(O)cc(O)c12. The van der Waals surface area contributed by atoms with Gasteiger partial charge in [-0.15, -0.1) is 0 Å². The lowest BCUT2D eigenvalue weighted by Gasteiger charge is -2.09. The molecule has 0 saturated carbocycles. The summed E-state index contributed by atoms with van der Waals surface area (Å²) >= 11 is 0. The smallest absolute Gasteiger partial charge is 0.238 e. The van der Waals surface area contributed by atoms with Crippen LogP contribution in [0.25, 0.3) is 66.9 Å². The largest absolute Gasteiger partial charge is 0.508 e. The Kier molecular flexibility index (Phi) is 11.3. The fourth-order valence-electron chi connectivity index (χ4n) is 6.51. The quantitative estimate of drug-likeness (QED) is 0.0781. The Balaban J connectivity index is 0.000000151. The van der Waals surface area contributed by atoms with Crippen LogP contribution in [0.2, 0.25) is 0 Å². The van der Waals surface area contributed by atoms with Crippen LogP contribution in [-0.2, 0) is 0 Å². The van der Waals surface area contributed by atoms with Crippen LogP contribution in [0.4, 0.5) is 0 Å². The van der Waals surface area contributed by atoms with Gasteiger partial charge in [0.25, 0.3) is 0 Å². The molecule has 3 aromatic heterocycles. The van der Waals surface area contributed by atoms with Gasteiger partial charge in [0, 0.05) is 47.0 Å². The van der Waals surface area contributed by atoms with Crippen LogP contribution < -0.4 is 16.3 Å². The van der Waals surface area contributed by atoms with Gasteiger partial charge in [0.15, 0.2) is 68.9 Å². The Bertz CT molecular complexity index is 3710. The van der Waals surface area contributed by atoms with Gasteiger partial charge in [0.2, 0.25) is 39.3 Å². The summed E-state index contributed by atoms with van der Waals surface area (Å²) < 4.78 is 15.9. The third-order valence-electron chi connectivity index (χ3n) is 9.75. The molecule has 0 bridgehead atoms. The summed E-state index contributed by atoms with van der Waals surface area (Å²) in [6, 6.07) is 13.6. The van der Waals surface area contributed by atoms with Crippen molar-refractivity contribution in [2.45, 2.75) is 0 Å². The van der Waals surface area contributed by atoms with Crippen molar-refractivity contribution < 1.29 is 100 Å². The minimum Gasteiger partial charge on any atom is -0.508 e. The molecule has 3 heterocycles. The molecule has 0 aliphatic carbocycles. The lowest BCUT2D eigenvalue weighted by Crippen LogP contribution is -2.03. The zero-order valence-electron chi connectivity index (χ0n) is 33.6. The average molecular weight is 939 g/mol. The normalized spacial score (nSPS) is 10.9. The molecule has 0 saturated heterocycles. The highest BCUT2D eigenvalue weighted by Crippen LogP contribution is 2.45. The standard InChI is InChI=1S/2C15H10O8.C15H10O7/c16-6-3-7(17)11-10(4-6)23-15(14(22)13(11)21)5-1-8(18)12(20)9(19)2-5;16-6-2-1-5(3-7(6)17)14-13(22)12(21)10-8(18)4-9(19)11(20)15(10)23-14;16-7-4-10(19)12-11(5-7)22-15(14(21)13(12)20)6-1-2-8(17)9(18)3-6/h2*1-4,16-20,22H;1-5,16-19,21H. The summed E-state index contributed by atoms with van der Waals surface area (Å²) in [7, 11) is 0. The number of aromatic hydroxyl groups is 17. The molecule has 0 aliphatic heterocycles. The van der Waals surface area contributed by atoms with Gasteiger partial charge in [-0.2, -0.15) is 0 Å². The summed E-state index contributed by atoms with van der Waals surface area (Å²) in [5, 5.41) is 162. The lowest BCUT2D eigenvalue weighted by atomic mass is 10.1. The molecule has 348 valence electrons. The van der Waals surface area contributed by atoms with Crippen LogP contribution >= 0.6 is 0 Å². The van der Waals surface area contributed by atoms with Gasteiger partial charge in [-0.25, -0.2) is 0 Å². The van der Waals surface area contributed by atoms with Crippen molar-refractivity contribution in [1.82, 2.24) is 0 Å². The van der Waals surface area contributed by atoms with Crippen molar-refractivity contribution in [2.24, 2.45) is 0 Å². The molecule has 0 atom stereocenters. The fourth-order valence-corrected chi connectivity index (χ4v) is 6.51. The molecular formula is C45H30O23. The second-order valence-electron chi connectivity index (χ2n) is 14.2. The third kappa shape index (κ3) is 8.02. The predicted octanol–water partition coefficient (Wildman–Crippen LogP) is 5.38. The molecule has 68 heavy (non-hydrogen) atoms. The molecule has 0 amide bonds. The van der Waals surface area contributed by atoms with E-state index >= 15 is 0 Å². The Morgan fingerprint density at radius 3 is 1.06 bits per heavy atom. The molecule has 0 aliphatic rings. The maximum absolute atomic E-state index is 12.2. The van der Waals surface area contributed by atoms with E-state index in [0.717, 1.165) is 66.7 Å². The first-order valence-electron chi connectivity index (χ1n) is 18.7. The van der Waals surface area contributed by atoms with Crippen LogP contribution in [0, 0.1) is 0 Å². The van der Waals surface area contributed by atoms with Gasteiger partial charge in [-0.05, 0) is 48.5 Å². The second-order valence-corrected chi connectivity index (χ2v) is 14.2. The Morgan fingerprint density at radius 1 is 0.279 bits per heavy atom. The van der Waals surface area contributed by atoms with Gasteiger partial charge >= 0.3 is 0 Å². The Morgan fingerprint density at radius 2 is 0.632 bits per heavy atom. The number of phenolic OH excluding ortho intramolecular Hbond substituents is 14. The van der Waals surface area contributed by atoms with E-state index in [-0.39, 0.29) is 61.6 Å². The maximum atomic E-state index is 12.2. The van der Waals surface area contributed by atoms with Crippen molar-refractivity contribution in [3.63, 3.8) is 0 Å². The number of hydrogen-bond acceptors (Lipinski definition) is 23. The molecule has 23 nitrogen and oxygen atoms in total. The van der Waals surface area contributed by atoms with E-state index in [1.165, 1.54) is 12.1 Å². The third-order valence-corrected chi connectivity index (χ3v) is 9.75. The molecule has 6 aromatic carbocycles. The minimum absolute atomic E-state index is 0.0269. The predicted molar refractivity (Wildman–Crippen MR) is 232 cm³/mol. The molecule has 0 fully saturated rings. The summed E-state index contributed by atoms with van der Waals surface area (Å²) in [5.74, 6) is -11.5. The Labute approximate surface area is 373 Å². The highest BCUT2D eigenvalue weighted by molar-refractivity contribution is 5.93. The number of benzene rings is 6. The van der Waals surface area contributed by atoms with Crippen molar-refractivity contribution in [1.29, 1.82) is 0 Å². The monoisotopic (exact) mass is 938 g/mol. The van der Waals surface area contributed by atoms with Crippen molar-refractivity contribution in [3.8, 4) is 132 Å². The molecule has 23 heteroatoms. The average Bonchev–Trinajstić information content (AvgIpc) is 3.27. The van der Waals surface area contributed by atoms with E-state index in [1.54, 1.807) is 0 Å². The first-order chi connectivity index (χ1) is 32.0. The highest BCUT2D eigenvalue weighted by atomic mass is 16.4. The maximum Gasteiger partial charge on any atom is 0.238 e. The van der Waals surface area contributed by atoms with Crippen LogP contribution in [0.15, 0.2) is 106 Å². The van der Waals surface area contributed by atoms with Crippen molar-refractivity contribution in [3.05, 3.63) is 110 Å². The lowest BCUT2D eigenvalue weighted by molar-refractivity contribution is 0.368. The highest BCUT2D eigenvalue weighted by Gasteiger charge is 2.24. The van der Waals surface area contributed by atoms with Crippen LogP contribution in [0.3, 0.4) is 0 Å². The number of rotatable bonds is 3. The minimum atomic E-state index is -1.04. The van der Waals surface area contributed by atoms with Gasteiger partial charge < -0.3 is 100 Å². The summed E-state index contributed by atoms with van der Waals surface area (Å²) in [6.45, 7) is 0. The summed E-state index contributed by atoms with van der Waals surface area (Å²) in [5.41, 5.74) is -3.72. The zero-order valence-corrected chi connectivity index (χ0v) is 33.6. The Hall–Kier alpha value is -10.5. The molecule has 9 aromatic rings. The van der Waals surface area contributed by atoms with E-state index in [0.29, 0.717) is 0 Å². The topological polar surface area (TPSA) is 435 Å². The second kappa shape index (κ2) is 16.9. The van der Waals surface area contributed by atoms with E-state index < -0.39 is 119 Å². The molecule has 9 rings (SSSR count). The summed E-state index contributed by atoms with van der Waals surface area (Å²) in [4.78, 5) is 36.5. The van der Waals surface area contributed by atoms with Crippen LogP contribution in [-0.4, -0.2) is 86.8 Å². The van der Waals surface area contributed by atoms with Crippen LogP contribution in [0.5, 0.6) is 97.7 Å². The van der Waals surface area contributed by atoms with E-state index in [1.807, 2.05) is 0 Å². The first-order valence-corrected chi connectivity index (χ1v) is 18.7. The fraction of sp³-hybridized carbons (Fsp3) is 0. The van der Waals surface area contributed by atoms with Crippen LogP contribution in [0.1, 0.15) is 0 Å². The molecule has 0 unspecified atom stereocenters. The molecular weight excluding hydrogens is 908 g/mol. The van der Waals surface area contributed by atoms with E-state index in [2.05, 4.69) is 0 Å². The molecule has 17 N–H and O–H groups in total. The number of hydrogen-bond donors (Lipinski definition) is 17. The van der Waals surface area contributed by atoms with E-state index in [4.69, 9.17) is 13.3 Å². The molecule has 0 spiro atoms. The van der Waals surface area contributed by atoms with Gasteiger partial charge in [0.1, 0.15) is 56.1 Å². The molecule has 0 radical (unpaired) electrons. The van der Waals surface area contributed by atoms with Gasteiger partial charge in [-0.3, -0.25) is 14.4 Å². The first kappa shape index (κ1) is 45.6. The van der Waals surface area contributed by atoms with Crippen molar-refractivity contribution >= 4 is 32.9 Å². The van der Waals surface area contributed by atoms with Gasteiger partial charge in [0.05, 0.1) is 0 Å². The summed E-state index contributed by atoms with van der Waals surface area (Å²) in [6.07, 6.45) is 0. The van der Waals surface area contributed by atoms with Gasteiger partial charge in [-0.1, -0.05) is 0 Å². The van der Waals surface area contributed by atoms with Crippen molar-refractivity contribution in [2.75, 3.05) is 0 Å². The number of phenols is 14. The van der Waals surface area contributed by atoms with E-state index in [9.17, 15) is 101 Å². The zero-order chi connectivity index (χ0) is 49.8.